The van der Waals surface area contributed by atoms with Crippen LogP contribution in [0.4, 0.5) is 4.79 Å². The van der Waals surface area contributed by atoms with Crippen LogP contribution >= 0.6 is 38.5 Å². The molecule has 46 heavy (non-hydrogen) atoms. The summed E-state index contributed by atoms with van der Waals surface area (Å²) in [6, 6.07) is 15.3. The second-order valence-electron chi connectivity index (χ2n) is 9.86. The number of nitrogens with zero attached hydrogens (tertiary/aromatic N) is 1. The third kappa shape index (κ3) is 9.04. The Labute approximate surface area is 288 Å². The number of hydrogen-bond acceptors (Lipinski definition) is 10. The summed E-state index contributed by atoms with van der Waals surface area (Å²) in [4.78, 5) is 24.7. The number of aliphatic hydroxyl groups is 1. The van der Waals surface area contributed by atoms with E-state index in [0.717, 1.165) is 13.6 Å². The molecule has 0 aromatic heterocycles. The first-order chi connectivity index (χ1) is 22.1. The van der Waals surface area contributed by atoms with E-state index in [1.807, 2.05) is 43.3 Å². The molecular formula is C32H34BrIN4O8. The van der Waals surface area contributed by atoms with Crippen LogP contribution in [0.1, 0.15) is 36.6 Å². The van der Waals surface area contributed by atoms with Gasteiger partial charge in [0.05, 0.1) is 38.7 Å². The second kappa shape index (κ2) is 16.5. The first-order valence-electron chi connectivity index (χ1n) is 14.1. The van der Waals surface area contributed by atoms with Crippen molar-refractivity contribution >= 4 is 56.7 Å². The van der Waals surface area contributed by atoms with Crippen LogP contribution in [0.15, 0.2) is 75.4 Å². The van der Waals surface area contributed by atoms with Crippen molar-refractivity contribution in [3.8, 4) is 23.0 Å². The van der Waals surface area contributed by atoms with Crippen LogP contribution in [0.2, 0.25) is 0 Å². The van der Waals surface area contributed by atoms with Gasteiger partial charge in [0, 0.05) is 19.3 Å². The van der Waals surface area contributed by atoms with Gasteiger partial charge in [0.2, 0.25) is 0 Å². The van der Waals surface area contributed by atoms with E-state index in [1.165, 1.54) is 13.3 Å². The van der Waals surface area contributed by atoms with Crippen molar-refractivity contribution in [2.45, 2.75) is 32.7 Å². The predicted octanol–water partition coefficient (Wildman–Crippen LogP) is 5.16. The minimum atomic E-state index is -1.18. The Balaban J connectivity index is 1.44. The zero-order valence-electron chi connectivity index (χ0n) is 25.6. The Bertz CT molecular complexity index is 1620. The number of amides is 2. The lowest BCUT2D eigenvalue weighted by Crippen LogP contribution is -2.45. The molecule has 2 atom stereocenters. The van der Waals surface area contributed by atoms with E-state index >= 15 is 0 Å². The molecule has 0 fully saturated rings. The lowest BCUT2D eigenvalue weighted by atomic mass is 9.95. The number of ether oxygens (including phenoxy) is 5. The molecule has 0 aliphatic carbocycles. The van der Waals surface area contributed by atoms with Crippen molar-refractivity contribution in [2.24, 2.45) is 5.10 Å². The number of carbonyl (C=O) groups is 2. The highest BCUT2D eigenvalue weighted by Crippen LogP contribution is 2.35. The summed E-state index contributed by atoms with van der Waals surface area (Å²) in [6.07, 6.45) is 0.356. The van der Waals surface area contributed by atoms with Gasteiger partial charge in [-0.25, -0.2) is 9.59 Å². The van der Waals surface area contributed by atoms with Gasteiger partial charge in [-0.2, -0.15) is 5.10 Å². The van der Waals surface area contributed by atoms with Crippen molar-refractivity contribution in [1.29, 1.82) is 0 Å². The molecule has 1 heterocycles. The number of hydrogen-bond donors (Lipinski definition) is 4. The van der Waals surface area contributed by atoms with Gasteiger partial charge in [0.1, 0.15) is 13.2 Å². The molecule has 0 saturated heterocycles. The molecule has 12 nitrogen and oxygen atoms in total. The highest BCUT2D eigenvalue weighted by molar-refractivity contribution is 14.1. The van der Waals surface area contributed by atoms with Gasteiger partial charge in [-0.3, -0.25) is 5.43 Å². The third-order valence-corrected chi connectivity index (χ3v) is 7.82. The minimum Gasteiger partial charge on any atom is -0.493 e. The molecule has 3 aromatic rings. The van der Waals surface area contributed by atoms with Crippen LogP contribution in [-0.2, 0) is 16.1 Å². The van der Waals surface area contributed by atoms with Crippen LogP contribution in [0, 0.1) is 3.57 Å². The van der Waals surface area contributed by atoms with E-state index in [1.54, 1.807) is 32.2 Å². The molecule has 1 aliphatic heterocycles. The maximum atomic E-state index is 12.5. The van der Waals surface area contributed by atoms with Gasteiger partial charge in [0.25, 0.3) is 0 Å². The van der Waals surface area contributed by atoms with E-state index in [-0.39, 0.29) is 12.2 Å². The molecule has 4 N–H and O–H groups in total. The Morgan fingerprint density at radius 2 is 1.85 bits per heavy atom. The van der Waals surface area contributed by atoms with Crippen molar-refractivity contribution < 1.29 is 38.4 Å². The number of carbonyl (C=O) groups excluding carboxylic acids is 2. The fourth-order valence-electron chi connectivity index (χ4n) is 4.54. The van der Waals surface area contributed by atoms with Crippen LogP contribution < -0.4 is 35.0 Å². The van der Waals surface area contributed by atoms with Crippen molar-refractivity contribution in [2.75, 3.05) is 27.4 Å². The van der Waals surface area contributed by atoms with Gasteiger partial charge in [0.15, 0.2) is 29.2 Å². The van der Waals surface area contributed by atoms with Crippen LogP contribution in [-0.4, -0.2) is 57.0 Å². The number of urea groups is 1. The van der Waals surface area contributed by atoms with Gasteiger partial charge in [-0.1, -0.05) is 34.1 Å². The zero-order valence-corrected chi connectivity index (χ0v) is 29.3. The molecule has 244 valence electrons. The molecule has 3 aromatic carbocycles. The van der Waals surface area contributed by atoms with Gasteiger partial charge >= 0.3 is 12.0 Å². The molecule has 0 spiro atoms. The standard InChI is InChI=1S/C32H34BrIN4O8/c1-5-44-25-13-20(29-28(31(40)43-4)18(2)36-32(41)37-29)8-11-24(25)45-17-27(39)38-35-15-21-12-23(34)14-26(42-3)30(21)46-16-19-6-9-22(33)10-7-19/h6-15,27,29,38-39H,5,16-17H2,1-4H3,(H2,36,37,41)/b35-15+/t27-,29+/m0/s1. The Kier molecular flexibility index (Phi) is 12.5. The maximum absolute atomic E-state index is 12.5. The summed E-state index contributed by atoms with van der Waals surface area (Å²) in [5.74, 6) is 1.20. The highest BCUT2D eigenvalue weighted by Gasteiger charge is 2.32. The van der Waals surface area contributed by atoms with E-state index in [2.05, 4.69) is 59.7 Å². The molecule has 0 saturated carbocycles. The van der Waals surface area contributed by atoms with E-state index < -0.39 is 24.3 Å². The minimum absolute atomic E-state index is 0.171. The van der Waals surface area contributed by atoms with Crippen molar-refractivity contribution in [3.63, 3.8) is 0 Å². The molecule has 1 aliphatic rings. The molecule has 4 rings (SSSR count). The number of aliphatic hydroxyl groups excluding tert-OH is 1. The molecule has 0 unspecified atom stereocenters. The lowest BCUT2D eigenvalue weighted by Gasteiger charge is -2.28. The number of rotatable bonds is 14. The number of methoxy groups -OCH3 is 2. The number of benzene rings is 3. The highest BCUT2D eigenvalue weighted by atomic mass is 127. The summed E-state index contributed by atoms with van der Waals surface area (Å²) >= 11 is 5.62. The fraction of sp³-hybridized carbons (Fsp3) is 0.281. The number of hydrazone groups is 1. The molecule has 2 amide bonds. The fourth-order valence-corrected chi connectivity index (χ4v) is 5.42. The topological polar surface area (TPSA) is 149 Å². The summed E-state index contributed by atoms with van der Waals surface area (Å²) < 4.78 is 30.1. The quantitative estimate of drug-likeness (QED) is 0.0570. The second-order valence-corrected chi connectivity index (χ2v) is 12.0. The van der Waals surface area contributed by atoms with Crippen molar-refractivity contribution in [1.82, 2.24) is 16.1 Å². The van der Waals surface area contributed by atoms with Crippen LogP contribution in [0.25, 0.3) is 0 Å². The Hall–Kier alpha value is -4.02. The summed E-state index contributed by atoms with van der Waals surface area (Å²) in [7, 11) is 2.84. The van der Waals surface area contributed by atoms with E-state index in [0.29, 0.717) is 53.0 Å². The average Bonchev–Trinajstić information content (AvgIpc) is 3.03. The molecule has 14 heteroatoms. The Morgan fingerprint density at radius 1 is 1.09 bits per heavy atom. The smallest absolute Gasteiger partial charge is 0.337 e. The summed E-state index contributed by atoms with van der Waals surface area (Å²) in [5.41, 5.74) is 5.53. The molecular weight excluding hydrogens is 775 g/mol. The summed E-state index contributed by atoms with van der Waals surface area (Å²) in [5, 5.41) is 20.1. The third-order valence-electron chi connectivity index (χ3n) is 6.66. The number of nitrogens with one attached hydrogen (secondary N) is 3. The first kappa shape index (κ1) is 34.8. The number of esters is 1. The molecule has 0 radical (unpaired) electrons. The Morgan fingerprint density at radius 3 is 2.54 bits per heavy atom. The van der Waals surface area contributed by atoms with Crippen molar-refractivity contribution in [3.05, 3.63) is 90.6 Å². The first-order valence-corrected chi connectivity index (χ1v) is 16.0. The monoisotopic (exact) mass is 808 g/mol. The van der Waals surface area contributed by atoms with E-state index in [4.69, 9.17) is 23.7 Å². The largest absolute Gasteiger partial charge is 0.493 e. The lowest BCUT2D eigenvalue weighted by molar-refractivity contribution is -0.136. The van der Waals surface area contributed by atoms with Crippen LogP contribution in [0.3, 0.4) is 0 Å². The number of halogens is 2. The summed E-state index contributed by atoms with van der Waals surface area (Å²) in [6.45, 7) is 3.92. The van der Waals surface area contributed by atoms with E-state index in [9.17, 15) is 14.7 Å². The zero-order chi connectivity index (χ0) is 33.2. The van der Waals surface area contributed by atoms with Gasteiger partial charge in [-0.05, 0) is 84.0 Å². The average molecular weight is 809 g/mol. The van der Waals surface area contributed by atoms with Gasteiger partial charge < -0.3 is 39.4 Å². The molecule has 0 bridgehead atoms. The number of allylic oxidation sites excluding steroid dienone is 1. The normalized spacial score (nSPS) is 15.1. The predicted molar refractivity (Wildman–Crippen MR) is 183 cm³/mol. The van der Waals surface area contributed by atoms with Gasteiger partial charge in [-0.15, -0.1) is 0 Å². The van der Waals surface area contributed by atoms with Crippen LogP contribution in [0.5, 0.6) is 23.0 Å². The SMILES string of the molecule is CCOc1cc([C@H]2NC(=O)NC(C)=C2C(=O)OC)ccc1OC[C@H](O)N/N=C/c1cc(I)cc(OC)c1OCc1ccc(Br)cc1. The maximum Gasteiger partial charge on any atom is 0.337 e.